The molecule has 0 bridgehead atoms. The van der Waals surface area contributed by atoms with Crippen molar-refractivity contribution in [2.45, 2.75) is 9.79 Å². The number of para-hydroxylation sites is 4. The van der Waals surface area contributed by atoms with Gasteiger partial charge in [-0.05, 0) is 70.8 Å². The molecule has 4 heterocycles. The Hall–Kier alpha value is -7.21. The fourth-order valence-electron chi connectivity index (χ4n) is 8.71. The van der Waals surface area contributed by atoms with Gasteiger partial charge >= 0.3 is 0 Å². The van der Waals surface area contributed by atoms with E-state index in [-0.39, 0.29) is 0 Å². The molecule has 57 heavy (non-hydrogen) atoms. The summed E-state index contributed by atoms with van der Waals surface area (Å²) in [5.41, 5.74) is 14.6. The first-order chi connectivity index (χ1) is 28.3. The molecule has 0 radical (unpaired) electrons. The molecule has 0 spiro atoms. The molecule has 0 amide bonds. The molecule has 0 fully saturated rings. The number of rotatable bonds is 5. The van der Waals surface area contributed by atoms with Crippen molar-refractivity contribution in [1.29, 1.82) is 0 Å². The van der Waals surface area contributed by atoms with Crippen LogP contribution in [0.2, 0.25) is 0 Å². The second kappa shape index (κ2) is 12.7. The quantitative estimate of drug-likeness (QED) is 0.176. The fourth-order valence-corrected chi connectivity index (χ4v) is 9.78. The van der Waals surface area contributed by atoms with Gasteiger partial charge in [0, 0.05) is 48.2 Å². The Kier molecular flexibility index (Phi) is 7.13. The maximum absolute atomic E-state index is 5.23. The summed E-state index contributed by atoms with van der Waals surface area (Å²) in [7, 11) is 0. The standard InChI is InChI=1S/C52H32N4S/c1-3-13-33(14-4-1)36-15-11-16-38(31-36)49-40-19-7-9-22-43(40)53-51(54-49)35-27-25-34(26-28-35)37-29-30-46-45(32-37)56-50-42(21-12-24-47(50)57-46)48-41-20-8-10-23-44(41)55(52(48)56)39-17-5-2-6-18-39/h1-32H. The first-order valence-corrected chi connectivity index (χ1v) is 20.1. The Balaban J connectivity index is 0.984. The van der Waals surface area contributed by atoms with Gasteiger partial charge in [0.25, 0.3) is 0 Å². The van der Waals surface area contributed by atoms with Crippen LogP contribution in [0.4, 0.5) is 0 Å². The summed E-state index contributed by atoms with van der Waals surface area (Å²) in [6, 6.07) is 69.4. The molecule has 12 rings (SSSR count). The van der Waals surface area contributed by atoms with Crippen molar-refractivity contribution >= 4 is 55.5 Å². The summed E-state index contributed by atoms with van der Waals surface area (Å²) in [4.78, 5) is 12.8. The Labute approximate surface area is 333 Å². The van der Waals surface area contributed by atoms with E-state index < -0.39 is 0 Å². The van der Waals surface area contributed by atoms with E-state index in [1.165, 1.54) is 53.9 Å². The molecule has 4 nitrogen and oxygen atoms in total. The summed E-state index contributed by atoms with van der Waals surface area (Å²) >= 11 is 1.86. The van der Waals surface area contributed by atoms with Crippen LogP contribution in [0.15, 0.2) is 204 Å². The fraction of sp³-hybridized carbons (Fsp3) is 0. The first kappa shape index (κ1) is 32.1. The Morgan fingerprint density at radius 2 is 1.04 bits per heavy atom. The van der Waals surface area contributed by atoms with Crippen molar-refractivity contribution in [3.05, 3.63) is 194 Å². The smallest absolute Gasteiger partial charge is 0.160 e. The van der Waals surface area contributed by atoms with Crippen molar-refractivity contribution in [2.24, 2.45) is 0 Å². The number of aromatic nitrogens is 4. The largest absolute Gasteiger partial charge is 0.295 e. The van der Waals surface area contributed by atoms with Crippen LogP contribution >= 0.6 is 11.8 Å². The number of nitrogens with zero attached hydrogens (tertiary/aromatic N) is 4. The lowest BCUT2D eigenvalue weighted by molar-refractivity contribution is 1.03. The predicted octanol–water partition coefficient (Wildman–Crippen LogP) is 13.8. The maximum atomic E-state index is 5.23. The van der Waals surface area contributed by atoms with Gasteiger partial charge in [-0.2, -0.15) is 0 Å². The normalized spacial score (nSPS) is 12.1. The predicted molar refractivity (Wildman–Crippen MR) is 237 cm³/mol. The van der Waals surface area contributed by atoms with E-state index in [0.29, 0.717) is 5.82 Å². The van der Waals surface area contributed by atoms with Crippen molar-refractivity contribution in [3.8, 4) is 56.3 Å². The van der Waals surface area contributed by atoms with Crippen LogP contribution < -0.4 is 0 Å². The molecule has 1 aliphatic heterocycles. The van der Waals surface area contributed by atoms with Gasteiger partial charge in [-0.3, -0.25) is 9.13 Å². The lowest BCUT2D eigenvalue weighted by atomic mass is 9.99. The summed E-state index contributed by atoms with van der Waals surface area (Å²) in [5, 5.41) is 4.87. The van der Waals surface area contributed by atoms with Crippen LogP contribution in [-0.2, 0) is 0 Å². The topological polar surface area (TPSA) is 35.6 Å². The van der Waals surface area contributed by atoms with E-state index >= 15 is 0 Å². The molecular weight excluding hydrogens is 713 g/mol. The molecule has 0 unspecified atom stereocenters. The minimum atomic E-state index is 0.713. The Morgan fingerprint density at radius 1 is 0.404 bits per heavy atom. The van der Waals surface area contributed by atoms with Crippen LogP contribution in [0.25, 0.3) is 100 Å². The molecule has 8 aromatic carbocycles. The Morgan fingerprint density at radius 3 is 1.89 bits per heavy atom. The van der Waals surface area contributed by atoms with Gasteiger partial charge in [-0.25, -0.2) is 9.97 Å². The van der Waals surface area contributed by atoms with Crippen LogP contribution in [0.3, 0.4) is 0 Å². The molecule has 0 saturated heterocycles. The van der Waals surface area contributed by atoms with Crippen molar-refractivity contribution in [1.82, 2.24) is 19.1 Å². The number of fused-ring (bicyclic) bond motifs is 8. The second-order valence-corrected chi connectivity index (χ2v) is 15.7. The minimum absolute atomic E-state index is 0.713. The van der Waals surface area contributed by atoms with Gasteiger partial charge in [0.05, 0.1) is 27.9 Å². The zero-order valence-corrected chi connectivity index (χ0v) is 31.5. The first-order valence-electron chi connectivity index (χ1n) is 19.2. The lowest BCUT2D eigenvalue weighted by Gasteiger charge is -2.22. The highest BCUT2D eigenvalue weighted by molar-refractivity contribution is 7.99. The molecule has 11 aromatic rings. The molecule has 0 atom stereocenters. The zero-order valence-electron chi connectivity index (χ0n) is 30.7. The van der Waals surface area contributed by atoms with Gasteiger partial charge in [-0.15, -0.1) is 0 Å². The van der Waals surface area contributed by atoms with Crippen LogP contribution in [-0.4, -0.2) is 19.1 Å². The minimum Gasteiger partial charge on any atom is -0.295 e. The molecule has 266 valence electrons. The second-order valence-electron chi connectivity index (χ2n) is 14.6. The maximum Gasteiger partial charge on any atom is 0.160 e. The van der Waals surface area contributed by atoms with Crippen molar-refractivity contribution in [2.75, 3.05) is 0 Å². The number of hydrogen-bond acceptors (Lipinski definition) is 3. The van der Waals surface area contributed by atoms with Crippen LogP contribution in [0.5, 0.6) is 0 Å². The average Bonchev–Trinajstić information content (AvgIpc) is 3.81. The average molecular weight is 745 g/mol. The van der Waals surface area contributed by atoms with Crippen molar-refractivity contribution in [3.63, 3.8) is 0 Å². The third-order valence-electron chi connectivity index (χ3n) is 11.3. The van der Waals surface area contributed by atoms with E-state index in [9.17, 15) is 0 Å². The van der Waals surface area contributed by atoms with Gasteiger partial charge in [0.1, 0.15) is 5.65 Å². The third-order valence-corrected chi connectivity index (χ3v) is 12.4. The molecule has 5 heteroatoms. The van der Waals surface area contributed by atoms with Crippen LogP contribution in [0, 0.1) is 0 Å². The lowest BCUT2D eigenvalue weighted by Crippen LogP contribution is -2.06. The molecular formula is C52H32N4S. The Bertz CT molecular complexity index is 3360. The van der Waals surface area contributed by atoms with Gasteiger partial charge in [0.15, 0.2) is 5.82 Å². The molecule has 1 aliphatic rings. The molecule has 0 aliphatic carbocycles. The van der Waals surface area contributed by atoms with E-state index in [1.807, 2.05) is 17.8 Å². The SMILES string of the molecule is c1ccc(-c2cccc(-c3nc(-c4ccc(-c5ccc6c(c5)-n5c7c(cccc7c7c8ccccc8n(-c8ccccc8)c75)S6)cc4)nc4ccccc34)c2)cc1. The highest BCUT2D eigenvalue weighted by atomic mass is 32.2. The highest BCUT2D eigenvalue weighted by Crippen LogP contribution is 2.50. The zero-order chi connectivity index (χ0) is 37.5. The summed E-state index contributed by atoms with van der Waals surface area (Å²) in [6.45, 7) is 0. The highest BCUT2D eigenvalue weighted by Gasteiger charge is 2.28. The molecule has 3 aromatic heterocycles. The summed E-state index contributed by atoms with van der Waals surface area (Å²) < 4.78 is 4.94. The monoisotopic (exact) mass is 744 g/mol. The molecule has 0 saturated carbocycles. The van der Waals surface area contributed by atoms with E-state index in [2.05, 4.69) is 197 Å². The van der Waals surface area contributed by atoms with E-state index in [4.69, 9.17) is 9.97 Å². The van der Waals surface area contributed by atoms with Gasteiger partial charge in [0.2, 0.25) is 0 Å². The third kappa shape index (κ3) is 5.03. The number of hydrogen-bond donors (Lipinski definition) is 0. The van der Waals surface area contributed by atoms with E-state index in [1.54, 1.807) is 0 Å². The van der Waals surface area contributed by atoms with Crippen LogP contribution in [0.1, 0.15) is 0 Å². The molecule has 0 N–H and O–H groups in total. The van der Waals surface area contributed by atoms with Crippen molar-refractivity contribution < 1.29 is 0 Å². The van der Waals surface area contributed by atoms with Gasteiger partial charge in [-0.1, -0.05) is 157 Å². The summed E-state index contributed by atoms with van der Waals surface area (Å²) in [6.07, 6.45) is 0. The number of benzene rings is 8. The van der Waals surface area contributed by atoms with E-state index in [0.717, 1.165) is 50.1 Å². The van der Waals surface area contributed by atoms with Gasteiger partial charge < -0.3 is 0 Å². The summed E-state index contributed by atoms with van der Waals surface area (Å²) in [5.74, 6) is 0.713.